The van der Waals surface area contributed by atoms with E-state index in [0.29, 0.717) is 12.4 Å². The summed E-state index contributed by atoms with van der Waals surface area (Å²) in [5.41, 5.74) is 3.37. The first-order valence-corrected chi connectivity index (χ1v) is 11.9. The van der Waals surface area contributed by atoms with Crippen molar-refractivity contribution < 1.29 is 9.66 Å². The molecule has 0 N–H and O–H groups in total. The van der Waals surface area contributed by atoms with Gasteiger partial charge in [0.25, 0.3) is 0 Å². The minimum Gasteiger partial charge on any atom is -0.489 e. The number of nitro groups is 1. The van der Waals surface area contributed by atoms with E-state index >= 15 is 0 Å². The Bertz CT molecular complexity index is 1140. The van der Waals surface area contributed by atoms with Gasteiger partial charge in [0.2, 0.25) is 0 Å². The number of ether oxygens (including phenoxy) is 1. The van der Waals surface area contributed by atoms with Crippen LogP contribution in [-0.4, -0.2) is 14.9 Å². The van der Waals surface area contributed by atoms with E-state index in [4.69, 9.17) is 4.74 Å². The van der Waals surface area contributed by atoms with E-state index in [1.54, 1.807) is 0 Å². The monoisotopic (exact) mass is 441 g/mol. The van der Waals surface area contributed by atoms with Crippen LogP contribution in [0.25, 0.3) is 11.4 Å². The molecule has 1 heterocycles. The molecule has 0 atom stereocenters. The summed E-state index contributed by atoms with van der Waals surface area (Å²) in [4.78, 5) is 19.1. The Hall–Kier alpha value is -3.28. The second-order valence-electron chi connectivity index (χ2n) is 10.2. The van der Waals surface area contributed by atoms with E-state index in [1.807, 2.05) is 24.3 Å². The highest BCUT2D eigenvalue weighted by atomic mass is 16.6. The number of aromatic nitrogens is 2. The van der Waals surface area contributed by atoms with Crippen LogP contribution in [0.3, 0.4) is 0 Å². The maximum absolute atomic E-state index is 11.0. The minimum atomic E-state index is -0.467. The van der Waals surface area contributed by atoms with Gasteiger partial charge in [-0.25, -0.2) is 9.97 Å². The third kappa shape index (κ3) is 3.77. The Morgan fingerprint density at radius 2 is 1.58 bits per heavy atom. The van der Waals surface area contributed by atoms with Crippen LogP contribution in [0.5, 0.6) is 5.75 Å². The lowest BCUT2D eigenvalue weighted by atomic mass is 9.48. The Balaban J connectivity index is 1.39. The van der Waals surface area contributed by atoms with Crippen molar-refractivity contribution in [3.63, 3.8) is 0 Å². The van der Waals surface area contributed by atoms with Gasteiger partial charge in [-0.1, -0.05) is 30.3 Å². The second-order valence-corrected chi connectivity index (χ2v) is 10.2. The van der Waals surface area contributed by atoms with Gasteiger partial charge in [-0.2, -0.15) is 0 Å². The standard InChI is InChI=1S/C27H27N3O3/c31-30(32)23-15-28-26(29-16-23)22-6-7-25(33-17-18-4-2-1-3-5-18)24(11-22)27-12-19-8-20(13-27)10-21(9-19)14-27/h1-7,11,15-16,19-21H,8-10,12-14,17H2. The Morgan fingerprint density at radius 3 is 2.18 bits per heavy atom. The highest BCUT2D eigenvalue weighted by Crippen LogP contribution is 2.62. The molecule has 4 bridgehead atoms. The normalized spacial score (nSPS) is 27.5. The highest BCUT2D eigenvalue weighted by molar-refractivity contribution is 5.61. The molecular weight excluding hydrogens is 414 g/mol. The van der Waals surface area contributed by atoms with Gasteiger partial charge in [0.1, 0.15) is 24.8 Å². The smallest absolute Gasteiger partial charge is 0.305 e. The van der Waals surface area contributed by atoms with E-state index in [2.05, 4.69) is 34.2 Å². The van der Waals surface area contributed by atoms with Crippen molar-refractivity contribution in [3.8, 4) is 17.1 Å². The van der Waals surface area contributed by atoms with Gasteiger partial charge in [0.15, 0.2) is 5.82 Å². The zero-order valence-corrected chi connectivity index (χ0v) is 18.5. The predicted molar refractivity (Wildman–Crippen MR) is 125 cm³/mol. The second kappa shape index (κ2) is 7.94. The number of hydrogen-bond donors (Lipinski definition) is 0. The SMILES string of the molecule is O=[N+]([O-])c1cnc(-c2ccc(OCc3ccccc3)c(C34CC5CC(CC(C5)C3)C4)c2)nc1. The van der Waals surface area contributed by atoms with Gasteiger partial charge >= 0.3 is 5.69 Å². The van der Waals surface area contributed by atoms with Crippen LogP contribution in [0.1, 0.15) is 49.7 Å². The summed E-state index contributed by atoms with van der Waals surface area (Å²) in [6.45, 7) is 0.535. The molecule has 0 radical (unpaired) electrons. The van der Waals surface area contributed by atoms with Crippen LogP contribution >= 0.6 is 0 Å². The molecule has 7 rings (SSSR count). The average molecular weight is 442 g/mol. The molecule has 2 aromatic carbocycles. The summed E-state index contributed by atoms with van der Waals surface area (Å²) >= 11 is 0. The van der Waals surface area contributed by atoms with E-state index < -0.39 is 4.92 Å². The van der Waals surface area contributed by atoms with Gasteiger partial charge in [-0.3, -0.25) is 10.1 Å². The summed E-state index contributed by atoms with van der Waals surface area (Å²) < 4.78 is 6.42. The molecule has 0 saturated heterocycles. The van der Waals surface area contributed by atoms with E-state index in [-0.39, 0.29) is 11.1 Å². The number of benzene rings is 2. The lowest BCUT2D eigenvalue weighted by molar-refractivity contribution is -0.385. The molecular formula is C27H27N3O3. The molecule has 1 aromatic heterocycles. The van der Waals surface area contributed by atoms with Crippen LogP contribution in [0, 0.1) is 27.9 Å². The van der Waals surface area contributed by atoms with Crippen LogP contribution in [-0.2, 0) is 12.0 Å². The molecule has 3 aromatic rings. The number of nitrogens with zero attached hydrogens (tertiary/aromatic N) is 3. The first-order chi connectivity index (χ1) is 16.1. The molecule has 4 aliphatic rings. The summed E-state index contributed by atoms with van der Waals surface area (Å²) in [7, 11) is 0. The molecule has 0 unspecified atom stereocenters. The Kier molecular flexibility index (Phi) is 4.89. The van der Waals surface area contributed by atoms with Gasteiger partial charge in [0, 0.05) is 11.1 Å². The largest absolute Gasteiger partial charge is 0.489 e. The topological polar surface area (TPSA) is 78.2 Å². The maximum atomic E-state index is 11.0. The van der Waals surface area contributed by atoms with Crippen LogP contribution in [0.15, 0.2) is 60.9 Å². The molecule has 33 heavy (non-hydrogen) atoms. The zero-order valence-electron chi connectivity index (χ0n) is 18.5. The summed E-state index contributed by atoms with van der Waals surface area (Å²) in [6, 6.07) is 16.5. The van der Waals surface area contributed by atoms with Crippen molar-refractivity contribution in [3.05, 3.63) is 82.2 Å². The fraction of sp³-hybridized carbons (Fsp3) is 0.407. The molecule has 0 amide bonds. The molecule has 168 valence electrons. The Labute approximate surface area is 193 Å². The lowest BCUT2D eigenvalue weighted by Gasteiger charge is -2.57. The van der Waals surface area contributed by atoms with Gasteiger partial charge in [0.05, 0.1) is 4.92 Å². The maximum Gasteiger partial charge on any atom is 0.305 e. The van der Waals surface area contributed by atoms with Crippen molar-refractivity contribution >= 4 is 5.69 Å². The number of rotatable bonds is 6. The molecule has 4 fully saturated rings. The molecule has 4 aliphatic carbocycles. The molecule has 6 nitrogen and oxygen atoms in total. The summed E-state index contributed by atoms with van der Waals surface area (Å²) in [5, 5.41) is 11.0. The van der Waals surface area contributed by atoms with Gasteiger partial charge < -0.3 is 4.74 Å². The average Bonchev–Trinajstić information content (AvgIpc) is 2.82. The van der Waals surface area contributed by atoms with Crippen LogP contribution in [0.2, 0.25) is 0 Å². The van der Waals surface area contributed by atoms with Gasteiger partial charge in [-0.05, 0) is 85.5 Å². The third-order valence-electron chi connectivity index (χ3n) is 7.93. The predicted octanol–water partition coefficient (Wildman–Crippen LogP) is 6.10. The fourth-order valence-corrected chi connectivity index (χ4v) is 6.95. The third-order valence-corrected chi connectivity index (χ3v) is 7.93. The van der Waals surface area contributed by atoms with E-state index in [0.717, 1.165) is 34.6 Å². The highest BCUT2D eigenvalue weighted by Gasteiger charge is 2.52. The van der Waals surface area contributed by atoms with Crippen LogP contribution < -0.4 is 4.74 Å². The summed E-state index contributed by atoms with van der Waals surface area (Å²) in [5.74, 6) is 3.92. The van der Waals surface area contributed by atoms with E-state index in [1.165, 1.54) is 56.5 Å². The molecule has 0 spiro atoms. The van der Waals surface area contributed by atoms with Gasteiger partial charge in [-0.15, -0.1) is 0 Å². The van der Waals surface area contributed by atoms with Crippen molar-refractivity contribution in [2.45, 2.75) is 50.5 Å². The first kappa shape index (κ1) is 20.3. The van der Waals surface area contributed by atoms with Crippen LogP contribution in [0.4, 0.5) is 5.69 Å². The molecule has 0 aliphatic heterocycles. The molecule has 6 heteroatoms. The Morgan fingerprint density at radius 1 is 0.939 bits per heavy atom. The van der Waals surface area contributed by atoms with Crippen molar-refractivity contribution in [1.29, 1.82) is 0 Å². The summed E-state index contributed by atoms with van der Waals surface area (Å²) in [6.07, 6.45) is 10.4. The van der Waals surface area contributed by atoms with Crippen molar-refractivity contribution in [1.82, 2.24) is 9.97 Å². The van der Waals surface area contributed by atoms with E-state index in [9.17, 15) is 10.1 Å². The number of hydrogen-bond acceptors (Lipinski definition) is 5. The fourth-order valence-electron chi connectivity index (χ4n) is 6.95. The van der Waals surface area contributed by atoms with Crippen molar-refractivity contribution in [2.24, 2.45) is 17.8 Å². The zero-order chi connectivity index (χ0) is 22.4. The minimum absolute atomic E-state index is 0.0946. The quantitative estimate of drug-likeness (QED) is 0.341. The molecule has 4 saturated carbocycles. The van der Waals surface area contributed by atoms with Crippen molar-refractivity contribution in [2.75, 3.05) is 0 Å². The lowest BCUT2D eigenvalue weighted by Crippen LogP contribution is -2.48. The first-order valence-electron chi connectivity index (χ1n) is 11.9.